The molecule has 0 bridgehead atoms. The second-order valence-corrected chi connectivity index (χ2v) is 7.76. The van der Waals surface area contributed by atoms with E-state index in [9.17, 15) is 4.79 Å². The van der Waals surface area contributed by atoms with Crippen molar-refractivity contribution in [3.63, 3.8) is 0 Å². The number of hydrogen-bond acceptors (Lipinski definition) is 3. The standard InChI is InChI=1S/C21H22N4O/c22-20(26)21(23)8-7-13-9-14(5-6-15(13)10-21)19-17-4-2-1-3-16(17)18-11-24-12-25(18)19/h1-4,7-8,11-12,14,19H,5-6,9-10,23H2,(H2,22,26)/t14?,19-,21?/m0/s1. The Morgan fingerprint density at radius 2 is 2.15 bits per heavy atom. The van der Waals surface area contributed by atoms with E-state index >= 15 is 0 Å². The van der Waals surface area contributed by atoms with Crippen molar-refractivity contribution in [1.29, 1.82) is 0 Å². The average molecular weight is 346 g/mol. The summed E-state index contributed by atoms with van der Waals surface area (Å²) in [6.45, 7) is 0. The van der Waals surface area contributed by atoms with Gasteiger partial charge in [-0.25, -0.2) is 4.98 Å². The third-order valence-electron chi connectivity index (χ3n) is 6.27. The smallest absolute Gasteiger partial charge is 0.241 e. The summed E-state index contributed by atoms with van der Waals surface area (Å²) < 4.78 is 2.32. The van der Waals surface area contributed by atoms with Gasteiger partial charge in [-0.3, -0.25) is 4.79 Å². The molecule has 0 fully saturated rings. The number of nitrogens with two attached hydrogens (primary N) is 2. The highest BCUT2D eigenvalue weighted by molar-refractivity contribution is 5.87. The van der Waals surface area contributed by atoms with Crippen LogP contribution in [0.1, 0.15) is 37.3 Å². The fraction of sp³-hybridized carbons (Fsp3) is 0.333. The Balaban J connectivity index is 1.47. The number of fused-ring (bicyclic) bond motifs is 3. The number of imidazole rings is 1. The minimum Gasteiger partial charge on any atom is -0.368 e. The lowest BCUT2D eigenvalue weighted by atomic mass is 9.72. The van der Waals surface area contributed by atoms with E-state index in [1.165, 1.54) is 28.0 Å². The van der Waals surface area contributed by atoms with Gasteiger partial charge in [0.05, 0.1) is 24.3 Å². The van der Waals surface area contributed by atoms with Gasteiger partial charge < -0.3 is 16.0 Å². The summed E-state index contributed by atoms with van der Waals surface area (Å²) in [5, 5.41) is 0. The van der Waals surface area contributed by atoms with Crippen LogP contribution in [0.5, 0.6) is 0 Å². The van der Waals surface area contributed by atoms with Gasteiger partial charge in [-0.2, -0.15) is 0 Å². The number of amides is 1. The minimum atomic E-state index is -1.02. The van der Waals surface area contributed by atoms with Gasteiger partial charge in [-0.05, 0) is 42.7 Å². The number of benzene rings is 1. The normalized spacial score (nSPS) is 29.3. The van der Waals surface area contributed by atoms with Gasteiger partial charge in [0.2, 0.25) is 5.91 Å². The summed E-state index contributed by atoms with van der Waals surface area (Å²) in [7, 11) is 0. The second kappa shape index (κ2) is 5.42. The molecular weight excluding hydrogens is 324 g/mol. The number of primary amides is 1. The van der Waals surface area contributed by atoms with Crippen LogP contribution in [-0.2, 0) is 4.79 Å². The molecule has 0 saturated heterocycles. The number of nitrogens with zero attached hydrogens (tertiary/aromatic N) is 2. The van der Waals surface area contributed by atoms with E-state index in [0.717, 1.165) is 19.3 Å². The molecule has 0 saturated carbocycles. The van der Waals surface area contributed by atoms with Crippen LogP contribution >= 0.6 is 0 Å². The van der Waals surface area contributed by atoms with Crippen LogP contribution in [0.15, 0.2) is 60.1 Å². The molecule has 2 unspecified atom stereocenters. The first-order valence-electron chi connectivity index (χ1n) is 9.17. The Morgan fingerprint density at radius 1 is 1.31 bits per heavy atom. The molecule has 0 spiro atoms. The quantitative estimate of drug-likeness (QED) is 0.876. The maximum Gasteiger partial charge on any atom is 0.241 e. The first-order valence-corrected chi connectivity index (χ1v) is 9.17. The van der Waals surface area contributed by atoms with Crippen molar-refractivity contribution in [1.82, 2.24) is 9.55 Å². The second-order valence-electron chi connectivity index (χ2n) is 7.76. The number of rotatable bonds is 2. The van der Waals surface area contributed by atoms with E-state index in [-0.39, 0.29) is 0 Å². The van der Waals surface area contributed by atoms with Crippen LogP contribution in [-0.4, -0.2) is 21.0 Å². The number of aromatic nitrogens is 2. The van der Waals surface area contributed by atoms with Crippen LogP contribution in [0.25, 0.3) is 11.3 Å². The van der Waals surface area contributed by atoms with Crippen LogP contribution in [0.3, 0.4) is 0 Å². The van der Waals surface area contributed by atoms with Crippen molar-refractivity contribution in [2.45, 2.75) is 37.3 Å². The van der Waals surface area contributed by atoms with Crippen molar-refractivity contribution < 1.29 is 4.79 Å². The Labute approximate surface area is 152 Å². The zero-order valence-corrected chi connectivity index (χ0v) is 14.6. The van der Waals surface area contributed by atoms with E-state index in [4.69, 9.17) is 11.5 Å². The van der Waals surface area contributed by atoms with Crippen LogP contribution in [0.2, 0.25) is 0 Å². The molecule has 3 aliphatic rings. The molecule has 1 aliphatic heterocycles. The average Bonchev–Trinajstić information content (AvgIpc) is 3.22. The molecular formula is C21H22N4O. The monoisotopic (exact) mass is 346 g/mol. The highest BCUT2D eigenvalue weighted by Crippen LogP contribution is 2.49. The molecule has 5 rings (SSSR count). The van der Waals surface area contributed by atoms with Gasteiger partial charge in [0.1, 0.15) is 5.54 Å². The Kier molecular flexibility index (Phi) is 3.25. The molecule has 5 heteroatoms. The molecule has 1 aromatic heterocycles. The SMILES string of the molecule is NC(=O)C1(N)C=CC2=C(CCC([C@H]3c4ccccc4-c4cncn43)C2)C1. The Hall–Kier alpha value is -2.66. The molecule has 2 aliphatic carbocycles. The number of hydrogen-bond donors (Lipinski definition) is 2. The molecule has 0 radical (unpaired) electrons. The molecule has 2 aromatic rings. The van der Waals surface area contributed by atoms with Crippen LogP contribution < -0.4 is 11.5 Å². The van der Waals surface area contributed by atoms with Crippen molar-refractivity contribution in [3.8, 4) is 11.3 Å². The lowest BCUT2D eigenvalue weighted by molar-refractivity contribution is -0.121. The summed E-state index contributed by atoms with van der Waals surface area (Å²) in [4.78, 5) is 16.1. The topological polar surface area (TPSA) is 86.9 Å². The van der Waals surface area contributed by atoms with Gasteiger partial charge in [-0.15, -0.1) is 0 Å². The predicted molar refractivity (Wildman–Crippen MR) is 100 cm³/mol. The molecule has 5 nitrogen and oxygen atoms in total. The third-order valence-corrected chi connectivity index (χ3v) is 6.27. The first kappa shape index (κ1) is 15.6. The van der Waals surface area contributed by atoms with Crippen molar-refractivity contribution in [3.05, 3.63) is 65.7 Å². The van der Waals surface area contributed by atoms with E-state index < -0.39 is 11.4 Å². The minimum absolute atomic E-state index is 0.326. The first-order chi connectivity index (χ1) is 12.6. The fourth-order valence-corrected chi connectivity index (χ4v) is 4.89. The molecule has 3 atom stereocenters. The number of carbonyl (C=O) groups is 1. The zero-order chi connectivity index (χ0) is 17.9. The molecule has 2 heterocycles. The molecule has 4 N–H and O–H groups in total. The van der Waals surface area contributed by atoms with E-state index in [1.54, 1.807) is 6.08 Å². The maximum absolute atomic E-state index is 11.7. The van der Waals surface area contributed by atoms with Crippen LogP contribution in [0, 0.1) is 5.92 Å². The molecule has 1 aromatic carbocycles. The summed E-state index contributed by atoms with van der Waals surface area (Å²) in [5.41, 5.74) is 17.2. The van der Waals surface area contributed by atoms with E-state index in [1.807, 2.05) is 18.6 Å². The zero-order valence-electron chi connectivity index (χ0n) is 14.6. The highest BCUT2D eigenvalue weighted by atomic mass is 16.1. The Bertz CT molecular complexity index is 970. The van der Waals surface area contributed by atoms with Crippen molar-refractivity contribution in [2.24, 2.45) is 17.4 Å². The van der Waals surface area contributed by atoms with E-state index in [2.05, 4.69) is 33.8 Å². The number of allylic oxidation sites excluding steroid dienone is 2. The summed E-state index contributed by atoms with van der Waals surface area (Å²) in [5.74, 6) is 0.0593. The highest BCUT2D eigenvalue weighted by Gasteiger charge is 2.39. The largest absolute Gasteiger partial charge is 0.368 e. The van der Waals surface area contributed by atoms with Crippen LogP contribution in [0.4, 0.5) is 0 Å². The van der Waals surface area contributed by atoms with Crippen molar-refractivity contribution in [2.75, 3.05) is 0 Å². The third kappa shape index (κ3) is 2.13. The molecule has 26 heavy (non-hydrogen) atoms. The molecule has 1 amide bonds. The maximum atomic E-state index is 11.7. The van der Waals surface area contributed by atoms with E-state index in [0.29, 0.717) is 18.4 Å². The summed E-state index contributed by atoms with van der Waals surface area (Å²) in [6, 6.07) is 8.97. The van der Waals surface area contributed by atoms with Gasteiger partial charge in [0, 0.05) is 5.56 Å². The van der Waals surface area contributed by atoms with Gasteiger partial charge in [-0.1, -0.05) is 42.0 Å². The van der Waals surface area contributed by atoms with Crippen molar-refractivity contribution >= 4 is 5.91 Å². The summed E-state index contributed by atoms with van der Waals surface area (Å²) in [6.07, 6.45) is 11.3. The lowest BCUT2D eigenvalue weighted by Gasteiger charge is -2.36. The van der Waals surface area contributed by atoms with Gasteiger partial charge in [0.25, 0.3) is 0 Å². The lowest BCUT2D eigenvalue weighted by Crippen LogP contribution is -2.51. The van der Waals surface area contributed by atoms with Gasteiger partial charge in [0.15, 0.2) is 0 Å². The molecule has 132 valence electrons. The predicted octanol–water partition coefficient (Wildman–Crippen LogP) is 2.69. The number of carbonyl (C=O) groups excluding carboxylic acids is 1. The Morgan fingerprint density at radius 3 is 3.00 bits per heavy atom. The van der Waals surface area contributed by atoms with Gasteiger partial charge >= 0.3 is 0 Å². The summed E-state index contributed by atoms with van der Waals surface area (Å²) >= 11 is 0. The fourth-order valence-electron chi connectivity index (χ4n) is 4.89.